The van der Waals surface area contributed by atoms with Crippen molar-refractivity contribution in [3.05, 3.63) is 62.3 Å². The Hall–Kier alpha value is -1.69. The van der Waals surface area contributed by atoms with E-state index >= 15 is 0 Å². The van der Waals surface area contributed by atoms with Gasteiger partial charge in [-0.25, -0.2) is 4.68 Å². The average molecular weight is 396 g/mol. The number of nitrogens with zero attached hydrogens (tertiary/aromatic N) is 2. The van der Waals surface area contributed by atoms with E-state index in [9.17, 15) is 4.79 Å². The van der Waals surface area contributed by atoms with Crippen molar-refractivity contribution < 1.29 is 4.79 Å². The van der Waals surface area contributed by atoms with Crippen molar-refractivity contribution >= 4 is 45.8 Å². The molecular formula is C18H19Cl2N3OS. The van der Waals surface area contributed by atoms with E-state index < -0.39 is 5.91 Å². The van der Waals surface area contributed by atoms with E-state index in [4.69, 9.17) is 28.9 Å². The summed E-state index contributed by atoms with van der Waals surface area (Å²) in [6.07, 6.45) is 3.75. The number of carbonyl (C=O) groups is 1. The summed E-state index contributed by atoms with van der Waals surface area (Å²) in [5.74, 6) is -0.568. The fourth-order valence-electron chi connectivity index (χ4n) is 2.46. The maximum absolute atomic E-state index is 11.8. The minimum absolute atomic E-state index is 0.237. The van der Waals surface area contributed by atoms with E-state index in [1.54, 1.807) is 10.7 Å². The highest BCUT2D eigenvalue weighted by molar-refractivity contribution is 8.13. The SMILES string of the molecule is C/C=C(\S/C(Cl)=C\C)c1c(C)c(C(N)=O)nn1-c1ccc(Cl)cc1C. The van der Waals surface area contributed by atoms with Gasteiger partial charge >= 0.3 is 0 Å². The lowest BCUT2D eigenvalue weighted by molar-refractivity contribution is 0.0994. The first kappa shape index (κ1) is 19.6. The highest BCUT2D eigenvalue weighted by atomic mass is 35.5. The second-order valence-corrected chi connectivity index (χ2v) is 7.53. The summed E-state index contributed by atoms with van der Waals surface area (Å²) in [5.41, 5.74) is 9.00. The Labute approximate surface area is 161 Å². The molecule has 2 rings (SSSR count). The summed E-state index contributed by atoms with van der Waals surface area (Å²) in [4.78, 5) is 12.7. The van der Waals surface area contributed by atoms with Gasteiger partial charge in [-0.1, -0.05) is 47.1 Å². The van der Waals surface area contributed by atoms with Crippen LogP contribution in [0.2, 0.25) is 5.02 Å². The first-order valence-electron chi connectivity index (χ1n) is 7.62. The van der Waals surface area contributed by atoms with Crippen molar-refractivity contribution in [2.24, 2.45) is 5.73 Å². The van der Waals surface area contributed by atoms with Crippen LogP contribution < -0.4 is 5.73 Å². The lowest BCUT2D eigenvalue weighted by Crippen LogP contribution is -2.13. The molecule has 1 heterocycles. The molecule has 0 aliphatic heterocycles. The van der Waals surface area contributed by atoms with Crippen molar-refractivity contribution in [1.29, 1.82) is 0 Å². The summed E-state index contributed by atoms with van der Waals surface area (Å²) in [7, 11) is 0. The van der Waals surface area contributed by atoms with Gasteiger partial charge in [0, 0.05) is 15.5 Å². The van der Waals surface area contributed by atoms with Crippen LogP contribution >= 0.6 is 35.0 Å². The van der Waals surface area contributed by atoms with Gasteiger partial charge < -0.3 is 5.73 Å². The largest absolute Gasteiger partial charge is 0.364 e. The third-order valence-electron chi connectivity index (χ3n) is 3.67. The fraction of sp³-hybridized carbons (Fsp3) is 0.222. The Bertz CT molecular complexity index is 885. The molecule has 2 aromatic rings. The Balaban J connectivity index is 2.75. The summed E-state index contributed by atoms with van der Waals surface area (Å²) in [6.45, 7) is 7.55. The lowest BCUT2D eigenvalue weighted by Gasteiger charge is -2.13. The molecule has 0 aliphatic rings. The van der Waals surface area contributed by atoms with Crippen LogP contribution in [0.1, 0.15) is 41.2 Å². The minimum atomic E-state index is -0.568. The number of halogens is 2. The van der Waals surface area contributed by atoms with Crippen LogP contribution in [0.5, 0.6) is 0 Å². The van der Waals surface area contributed by atoms with Crippen LogP contribution in [0.15, 0.2) is 34.7 Å². The number of aromatic nitrogens is 2. The molecule has 1 aromatic heterocycles. The van der Waals surface area contributed by atoms with Crippen LogP contribution in [0.3, 0.4) is 0 Å². The number of aryl methyl sites for hydroxylation is 1. The third kappa shape index (κ3) is 4.11. The summed E-state index contributed by atoms with van der Waals surface area (Å²) >= 11 is 13.7. The molecule has 1 aromatic carbocycles. The molecule has 0 radical (unpaired) electrons. The van der Waals surface area contributed by atoms with E-state index in [2.05, 4.69) is 5.10 Å². The van der Waals surface area contributed by atoms with Gasteiger partial charge in [-0.2, -0.15) is 5.10 Å². The van der Waals surface area contributed by atoms with Gasteiger partial charge in [0.05, 0.1) is 15.7 Å². The van der Waals surface area contributed by atoms with E-state index in [1.165, 1.54) is 11.8 Å². The molecule has 132 valence electrons. The van der Waals surface area contributed by atoms with E-state index in [-0.39, 0.29) is 5.69 Å². The molecule has 0 spiro atoms. The van der Waals surface area contributed by atoms with Crippen molar-refractivity contribution in [3.63, 3.8) is 0 Å². The zero-order valence-electron chi connectivity index (χ0n) is 14.4. The van der Waals surface area contributed by atoms with Crippen LogP contribution in [0, 0.1) is 13.8 Å². The molecule has 1 amide bonds. The molecule has 25 heavy (non-hydrogen) atoms. The number of carbonyl (C=O) groups excluding carboxylic acids is 1. The first-order chi connectivity index (χ1) is 11.8. The van der Waals surface area contributed by atoms with Crippen LogP contribution in [0.25, 0.3) is 10.6 Å². The predicted octanol–water partition coefficient (Wildman–Crippen LogP) is 5.44. The van der Waals surface area contributed by atoms with E-state index in [1.807, 2.05) is 52.0 Å². The van der Waals surface area contributed by atoms with Crippen molar-refractivity contribution in [1.82, 2.24) is 9.78 Å². The van der Waals surface area contributed by atoms with Crippen LogP contribution in [-0.2, 0) is 0 Å². The van der Waals surface area contributed by atoms with Crippen LogP contribution in [-0.4, -0.2) is 15.7 Å². The average Bonchev–Trinajstić information content (AvgIpc) is 2.89. The number of thioether (sulfide) groups is 1. The lowest BCUT2D eigenvalue weighted by atomic mass is 10.1. The topological polar surface area (TPSA) is 60.9 Å². The Morgan fingerprint density at radius 2 is 1.96 bits per heavy atom. The number of allylic oxidation sites excluding steroid dienone is 2. The maximum Gasteiger partial charge on any atom is 0.269 e. The predicted molar refractivity (Wildman–Crippen MR) is 107 cm³/mol. The molecule has 4 nitrogen and oxygen atoms in total. The smallest absolute Gasteiger partial charge is 0.269 e. The number of primary amides is 1. The Morgan fingerprint density at radius 3 is 2.48 bits per heavy atom. The van der Waals surface area contributed by atoms with Gasteiger partial charge in [-0.05, 0) is 51.5 Å². The van der Waals surface area contributed by atoms with Gasteiger partial charge in [-0.15, -0.1) is 0 Å². The highest BCUT2D eigenvalue weighted by Crippen LogP contribution is 2.39. The zero-order valence-corrected chi connectivity index (χ0v) is 16.8. The monoisotopic (exact) mass is 395 g/mol. The number of hydrogen-bond donors (Lipinski definition) is 1. The number of nitrogens with two attached hydrogens (primary N) is 1. The molecule has 0 aliphatic carbocycles. The fourth-order valence-corrected chi connectivity index (χ4v) is 3.72. The Kier molecular flexibility index (Phi) is 6.38. The van der Waals surface area contributed by atoms with E-state index in [0.29, 0.717) is 15.0 Å². The standard InChI is InChI=1S/C18H19Cl2N3OS/c1-5-14(25-15(20)6-2)17-11(4)16(18(21)24)22-23(17)13-8-7-12(19)9-10(13)3/h5-9H,1-4H3,(H2,21,24)/b14-5-,15-6-. The molecule has 0 bridgehead atoms. The van der Waals surface area contributed by atoms with Gasteiger partial charge in [0.2, 0.25) is 0 Å². The van der Waals surface area contributed by atoms with Crippen molar-refractivity contribution in [2.75, 3.05) is 0 Å². The number of amides is 1. The van der Waals surface area contributed by atoms with Crippen molar-refractivity contribution in [2.45, 2.75) is 27.7 Å². The Morgan fingerprint density at radius 1 is 1.28 bits per heavy atom. The summed E-state index contributed by atoms with van der Waals surface area (Å²) in [5, 5.41) is 5.09. The second-order valence-electron chi connectivity index (χ2n) is 5.38. The molecule has 0 saturated carbocycles. The minimum Gasteiger partial charge on any atom is -0.364 e. The summed E-state index contributed by atoms with van der Waals surface area (Å²) < 4.78 is 2.36. The molecule has 0 atom stereocenters. The van der Waals surface area contributed by atoms with Gasteiger partial charge in [0.25, 0.3) is 5.91 Å². The molecule has 0 fully saturated rings. The zero-order chi connectivity index (χ0) is 18.7. The number of hydrogen-bond acceptors (Lipinski definition) is 3. The summed E-state index contributed by atoms with van der Waals surface area (Å²) in [6, 6.07) is 5.51. The van der Waals surface area contributed by atoms with Crippen molar-refractivity contribution in [3.8, 4) is 5.69 Å². The molecule has 0 saturated heterocycles. The highest BCUT2D eigenvalue weighted by Gasteiger charge is 2.23. The maximum atomic E-state index is 11.8. The molecule has 0 unspecified atom stereocenters. The number of rotatable bonds is 5. The normalized spacial score (nSPS) is 12.6. The van der Waals surface area contributed by atoms with Gasteiger partial charge in [0.15, 0.2) is 5.69 Å². The first-order valence-corrected chi connectivity index (χ1v) is 9.19. The van der Waals surface area contributed by atoms with Crippen LogP contribution in [0.4, 0.5) is 0 Å². The molecule has 7 heteroatoms. The van der Waals surface area contributed by atoms with Gasteiger partial charge in [0.1, 0.15) is 0 Å². The quantitative estimate of drug-likeness (QED) is 0.733. The number of benzene rings is 1. The molecular weight excluding hydrogens is 377 g/mol. The second kappa shape index (κ2) is 8.13. The van der Waals surface area contributed by atoms with E-state index in [0.717, 1.165) is 21.8 Å². The third-order valence-corrected chi connectivity index (χ3v) is 5.44. The molecule has 2 N–H and O–H groups in total. The van der Waals surface area contributed by atoms with Gasteiger partial charge in [-0.3, -0.25) is 4.79 Å².